The van der Waals surface area contributed by atoms with E-state index < -0.39 is 29.8 Å². The summed E-state index contributed by atoms with van der Waals surface area (Å²) in [5, 5.41) is 9.51. The van der Waals surface area contributed by atoms with Crippen LogP contribution in [0.3, 0.4) is 0 Å². The minimum atomic E-state index is -1.15. The van der Waals surface area contributed by atoms with E-state index in [9.17, 15) is 14.7 Å². The van der Waals surface area contributed by atoms with Crippen LogP contribution in [-0.4, -0.2) is 47.4 Å². The Kier molecular flexibility index (Phi) is 4.98. The highest BCUT2D eigenvalue weighted by atomic mass is 19.1. The van der Waals surface area contributed by atoms with E-state index in [-0.39, 0.29) is 23.6 Å². The Hall–Kier alpha value is -2.15. The van der Waals surface area contributed by atoms with Crippen molar-refractivity contribution in [2.45, 2.75) is 76.4 Å². The summed E-state index contributed by atoms with van der Waals surface area (Å²) in [6.45, 7) is 2.08. The number of halogens is 1. The molecule has 6 fully saturated rings. The van der Waals surface area contributed by atoms with Crippen LogP contribution in [0.25, 0.3) is 0 Å². The van der Waals surface area contributed by atoms with Crippen molar-refractivity contribution in [2.24, 2.45) is 23.2 Å². The maximum absolute atomic E-state index is 15.2. The monoisotopic (exact) mass is 457 g/mol. The minimum absolute atomic E-state index is 0.0944. The van der Waals surface area contributed by atoms with E-state index >= 15 is 4.39 Å². The molecule has 1 aromatic rings. The van der Waals surface area contributed by atoms with Crippen LogP contribution in [0.15, 0.2) is 12.1 Å². The summed E-state index contributed by atoms with van der Waals surface area (Å²) in [7, 11) is 0. The number of nitrogens with zero attached hydrogens (tertiary/aromatic N) is 1. The third-order valence-corrected chi connectivity index (χ3v) is 8.82. The Morgan fingerprint density at radius 3 is 2.36 bits per heavy atom. The lowest BCUT2D eigenvalue weighted by Crippen LogP contribution is -2.48. The zero-order chi connectivity index (χ0) is 22.9. The molecule has 33 heavy (non-hydrogen) atoms. The molecule has 1 N–H and O–H groups in total. The maximum Gasteiger partial charge on any atom is 0.329 e. The molecule has 1 heterocycles. The summed E-state index contributed by atoms with van der Waals surface area (Å²) in [5.41, 5.74) is 1.01. The van der Waals surface area contributed by atoms with E-state index in [0.29, 0.717) is 12.4 Å². The first-order valence-electron chi connectivity index (χ1n) is 12.4. The zero-order valence-electron chi connectivity index (χ0n) is 19.1. The fourth-order valence-electron chi connectivity index (χ4n) is 7.57. The van der Waals surface area contributed by atoms with Gasteiger partial charge in [-0.3, -0.25) is 9.69 Å². The van der Waals surface area contributed by atoms with Crippen molar-refractivity contribution in [3.05, 3.63) is 29.1 Å². The predicted molar refractivity (Wildman–Crippen MR) is 117 cm³/mol. The van der Waals surface area contributed by atoms with Crippen molar-refractivity contribution in [3.8, 4) is 5.75 Å². The van der Waals surface area contributed by atoms with E-state index in [4.69, 9.17) is 9.47 Å². The number of rotatable bonds is 6. The number of aliphatic carboxylic acids is 1. The zero-order valence-corrected chi connectivity index (χ0v) is 19.1. The van der Waals surface area contributed by atoms with E-state index in [1.807, 2.05) is 0 Å². The first-order valence-corrected chi connectivity index (χ1v) is 12.4. The molecular weight excluding hydrogens is 425 g/mol. The molecule has 1 saturated heterocycles. The van der Waals surface area contributed by atoms with Gasteiger partial charge in [-0.05, 0) is 93.6 Å². The summed E-state index contributed by atoms with van der Waals surface area (Å²) in [4.78, 5) is 25.9. The molecule has 0 spiro atoms. The summed E-state index contributed by atoms with van der Waals surface area (Å²) in [6.07, 6.45) is 9.13. The van der Waals surface area contributed by atoms with Crippen LogP contribution in [0.4, 0.5) is 4.39 Å². The van der Waals surface area contributed by atoms with Gasteiger partial charge in [0.1, 0.15) is 18.3 Å². The highest BCUT2D eigenvalue weighted by Crippen LogP contribution is 2.60. The molecule has 2 atom stereocenters. The number of hydrogen-bond acceptors (Lipinski definition) is 4. The molecule has 178 valence electrons. The summed E-state index contributed by atoms with van der Waals surface area (Å²) in [6, 6.07) is 1.84. The van der Waals surface area contributed by atoms with Gasteiger partial charge in [0.25, 0.3) is 5.91 Å². The molecule has 5 aliphatic carbocycles. The smallest absolute Gasteiger partial charge is 0.329 e. The first-order chi connectivity index (χ1) is 15.8. The van der Waals surface area contributed by atoms with Gasteiger partial charge in [0, 0.05) is 11.5 Å². The second-order valence-electron chi connectivity index (χ2n) is 11.4. The third kappa shape index (κ3) is 3.72. The number of carbonyl (C=O) groups excluding carboxylic acids is 1. The van der Waals surface area contributed by atoms with Crippen LogP contribution >= 0.6 is 0 Å². The summed E-state index contributed by atoms with van der Waals surface area (Å²) in [5.74, 6) is 0.861. The van der Waals surface area contributed by atoms with Crippen molar-refractivity contribution in [1.29, 1.82) is 0 Å². The molecule has 4 bridgehead atoms. The number of carboxylic acids is 1. The molecule has 6 aliphatic rings. The molecule has 1 aromatic carbocycles. The Morgan fingerprint density at radius 1 is 1.15 bits per heavy atom. The highest BCUT2D eigenvalue weighted by molar-refractivity contribution is 5.97. The van der Waals surface area contributed by atoms with E-state index in [0.717, 1.165) is 41.1 Å². The van der Waals surface area contributed by atoms with Crippen molar-refractivity contribution in [3.63, 3.8) is 0 Å². The predicted octanol–water partition coefficient (Wildman–Crippen LogP) is 4.57. The highest BCUT2D eigenvalue weighted by Gasteiger charge is 2.51. The van der Waals surface area contributed by atoms with Gasteiger partial charge in [-0.2, -0.15) is 0 Å². The largest absolute Gasteiger partial charge is 0.493 e. The lowest BCUT2D eigenvalue weighted by atomic mass is 9.50. The van der Waals surface area contributed by atoms with Crippen molar-refractivity contribution >= 4 is 11.9 Å². The van der Waals surface area contributed by atoms with Crippen LogP contribution in [0.5, 0.6) is 5.75 Å². The van der Waals surface area contributed by atoms with Crippen LogP contribution < -0.4 is 4.74 Å². The lowest BCUT2D eigenvalue weighted by Gasteiger charge is -2.56. The molecule has 7 heteroatoms. The van der Waals surface area contributed by atoms with E-state index in [2.05, 4.69) is 0 Å². The van der Waals surface area contributed by atoms with Crippen molar-refractivity contribution in [2.75, 3.05) is 13.3 Å². The number of ether oxygens (including phenoxy) is 2. The van der Waals surface area contributed by atoms with Gasteiger partial charge >= 0.3 is 5.97 Å². The molecule has 7 rings (SSSR count). The number of amides is 1. The van der Waals surface area contributed by atoms with Crippen LogP contribution in [0.2, 0.25) is 0 Å². The Labute approximate surface area is 193 Å². The Morgan fingerprint density at radius 2 is 1.79 bits per heavy atom. The molecule has 1 aliphatic heterocycles. The van der Waals surface area contributed by atoms with Gasteiger partial charge in [0.05, 0.1) is 18.3 Å². The Bertz CT molecular complexity index is 954. The first kappa shape index (κ1) is 21.4. The van der Waals surface area contributed by atoms with Gasteiger partial charge in [0.15, 0.2) is 6.04 Å². The van der Waals surface area contributed by atoms with Gasteiger partial charge in [-0.1, -0.05) is 0 Å². The number of hydrogen-bond donors (Lipinski definition) is 1. The van der Waals surface area contributed by atoms with Crippen LogP contribution in [0.1, 0.15) is 80.1 Å². The summed E-state index contributed by atoms with van der Waals surface area (Å²) >= 11 is 0. The van der Waals surface area contributed by atoms with Crippen molar-refractivity contribution in [1.82, 2.24) is 4.90 Å². The Balaban J connectivity index is 1.24. The van der Waals surface area contributed by atoms with Gasteiger partial charge in [0.2, 0.25) is 0 Å². The third-order valence-electron chi connectivity index (χ3n) is 8.82. The standard InChI is InChI=1S/C26H32FNO5/c1-14-23(25(30)31)28(13-33-14)24(29)20-7-19(18-2-3-18)22(8-21(20)27)32-12-26-9-15-4-16(10-26)6-17(5-15)11-26/h7-8,14-18,23H,2-6,9-13H2,1H3,(H,30,31)/t14-,15?,16?,17?,23+,26?/m1/s1. The molecule has 0 radical (unpaired) electrons. The lowest BCUT2D eigenvalue weighted by molar-refractivity contribution is -0.142. The molecule has 0 aromatic heterocycles. The van der Waals surface area contributed by atoms with Gasteiger partial charge in [-0.25, -0.2) is 9.18 Å². The fourth-order valence-corrected chi connectivity index (χ4v) is 7.57. The number of benzene rings is 1. The van der Waals surface area contributed by atoms with Crippen LogP contribution in [0, 0.1) is 29.0 Å². The molecule has 5 saturated carbocycles. The second kappa shape index (κ2) is 7.69. The topological polar surface area (TPSA) is 76.1 Å². The average molecular weight is 458 g/mol. The number of carboxylic acid groups (broad SMARTS) is 1. The van der Waals surface area contributed by atoms with Crippen LogP contribution in [-0.2, 0) is 9.53 Å². The maximum atomic E-state index is 15.2. The number of carbonyl (C=O) groups is 2. The fraction of sp³-hybridized carbons (Fsp3) is 0.692. The molecule has 0 unspecified atom stereocenters. The second-order valence-corrected chi connectivity index (χ2v) is 11.4. The molecule has 6 nitrogen and oxygen atoms in total. The van der Waals surface area contributed by atoms with Gasteiger partial charge < -0.3 is 14.6 Å². The van der Waals surface area contributed by atoms with Crippen molar-refractivity contribution < 1.29 is 28.6 Å². The quantitative estimate of drug-likeness (QED) is 0.677. The minimum Gasteiger partial charge on any atom is -0.493 e. The average Bonchev–Trinajstić information content (AvgIpc) is 3.51. The van der Waals surface area contributed by atoms with E-state index in [1.54, 1.807) is 13.0 Å². The molecule has 1 amide bonds. The van der Waals surface area contributed by atoms with Gasteiger partial charge in [-0.15, -0.1) is 0 Å². The SMILES string of the molecule is C[C@H]1OCN(C(=O)c2cc(C3CC3)c(OCC34CC5CC(CC(C5)C3)C4)cc2F)[C@@H]1C(=O)O. The molecular formula is C26H32FNO5. The summed E-state index contributed by atoms with van der Waals surface area (Å²) < 4.78 is 26.9. The van der Waals surface area contributed by atoms with E-state index in [1.165, 1.54) is 44.6 Å². The normalized spacial score (nSPS) is 36.9.